The van der Waals surface area contributed by atoms with Crippen molar-refractivity contribution in [1.82, 2.24) is 4.57 Å². The van der Waals surface area contributed by atoms with Gasteiger partial charge in [-0.1, -0.05) is 60.7 Å². The van der Waals surface area contributed by atoms with Crippen molar-refractivity contribution in [1.29, 1.82) is 0 Å². The summed E-state index contributed by atoms with van der Waals surface area (Å²) in [6, 6.07) is 58.9. The van der Waals surface area contributed by atoms with Crippen LogP contribution in [0.1, 0.15) is 72.6 Å². The average molecular weight is 970 g/mol. The van der Waals surface area contributed by atoms with Crippen molar-refractivity contribution in [2.45, 2.75) is 83.8 Å². The van der Waals surface area contributed by atoms with Crippen molar-refractivity contribution in [3.8, 4) is 11.5 Å². The van der Waals surface area contributed by atoms with Gasteiger partial charge in [0.25, 0.3) is 0 Å². The fourth-order valence-corrected chi connectivity index (χ4v) is 10.3. The third kappa shape index (κ3) is 7.99. The number of hydrogen-bond donors (Lipinski definition) is 0. The minimum Gasteiger partial charge on any atom is -0.457 e. The van der Waals surface area contributed by atoms with Crippen LogP contribution in [0.15, 0.2) is 182 Å². The molecular formula is C61H55B2F2N3O5. The molecule has 8 nitrogen and oxygen atoms in total. The third-order valence-corrected chi connectivity index (χ3v) is 15.7. The van der Waals surface area contributed by atoms with E-state index in [1.807, 2.05) is 104 Å². The van der Waals surface area contributed by atoms with E-state index in [-0.39, 0.29) is 17.7 Å². The summed E-state index contributed by atoms with van der Waals surface area (Å²) in [6.45, 7) is 16.4. The zero-order chi connectivity index (χ0) is 50.6. The maximum atomic E-state index is 14.7. The average Bonchev–Trinajstić information content (AvgIpc) is 3.90. The van der Waals surface area contributed by atoms with E-state index >= 15 is 0 Å². The molecule has 12 rings (SSSR count). The zero-order valence-corrected chi connectivity index (χ0v) is 42.2. The molecule has 9 aromatic rings. The predicted octanol–water partition coefficient (Wildman–Crippen LogP) is 14.4. The van der Waals surface area contributed by atoms with E-state index in [4.69, 9.17) is 23.4 Å². The van der Waals surface area contributed by atoms with Crippen LogP contribution >= 0.6 is 0 Å². The number of fused-ring (bicyclic) bond motifs is 5. The Labute approximate surface area is 425 Å². The normalized spacial score (nSPS) is 17.4. The monoisotopic (exact) mass is 969 g/mol. The van der Waals surface area contributed by atoms with Gasteiger partial charge in [-0.3, -0.25) is 0 Å². The van der Waals surface area contributed by atoms with Crippen molar-refractivity contribution in [2.75, 3.05) is 9.80 Å². The Bertz CT molecular complexity index is 3300. The van der Waals surface area contributed by atoms with Gasteiger partial charge in [-0.2, -0.15) is 0 Å². The first-order valence-corrected chi connectivity index (χ1v) is 24.9. The molecule has 0 atom stereocenters. The summed E-state index contributed by atoms with van der Waals surface area (Å²) >= 11 is 0. The fraction of sp³-hybridized carbons (Fsp3) is 0.213. The molecule has 364 valence electrons. The van der Waals surface area contributed by atoms with Gasteiger partial charge >= 0.3 is 14.2 Å². The van der Waals surface area contributed by atoms with E-state index < -0.39 is 36.6 Å². The standard InChI is InChI=1S/C61H55B2F2N3O5/c1-58(2)59(3,4)71-62(70-58)39-17-25-43(26-18-39)66(45-29-21-41(64)22-30-45)47-33-35-53-51(37-47)52-38-48(34-36-54(52)68(53)57-49-13-9-11-15-55(49)69-56-16-12-10-14-50(56)57)67(46-31-23-42(65)24-32-46)44-27-19-40(20-28-44)63-72-60(5,6)61(7,8)73-63/h9-38,57H,1-8H3. The summed E-state index contributed by atoms with van der Waals surface area (Å²) in [7, 11) is -1.06. The second-order valence-electron chi connectivity index (χ2n) is 21.3. The Morgan fingerprint density at radius 1 is 0.397 bits per heavy atom. The second kappa shape index (κ2) is 17.2. The van der Waals surface area contributed by atoms with Gasteiger partial charge in [-0.25, -0.2) is 8.78 Å². The molecular weight excluding hydrogens is 914 g/mol. The number of hydrogen-bond acceptors (Lipinski definition) is 7. The molecule has 0 saturated carbocycles. The molecule has 0 spiro atoms. The summed E-state index contributed by atoms with van der Waals surface area (Å²) < 4.78 is 64.1. The van der Waals surface area contributed by atoms with Crippen LogP contribution in [0.4, 0.5) is 42.9 Å². The van der Waals surface area contributed by atoms with Crippen molar-refractivity contribution < 1.29 is 32.1 Å². The molecule has 3 aliphatic heterocycles. The molecule has 0 amide bonds. The highest BCUT2D eigenvalue weighted by molar-refractivity contribution is 6.62. The van der Waals surface area contributed by atoms with Crippen LogP contribution in [0.5, 0.6) is 11.5 Å². The number of ether oxygens (including phenoxy) is 1. The quantitative estimate of drug-likeness (QED) is 0.134. The Hall–Kier alpha value is -7.21. The first-order chi connectivity index (χ1) is 34.9. The first-order valence-electron chi connectivity index (χ1n) is 24.9. The molecule has 8 aromatic carbocycles. The van der Waals surface area contributed by atoms with Gasteiger partial charge in [-0.05, 0) is 188 Å². The van der Waals surface area contributed by atoms with Gasteiger partial charge < -0.3 is 37.7 Å². The molecule has 73 heavy (non-hydrogen) atoms. The number of nitrogens with zero attached hydrogens (tertiary/aromatic N) is 3. The lowest BCUT2D eigenvalue weighted by Crippen LogP contribution is -2.41. The second-order valence-corrected chi connectivity index (χ2v) is 21.3. The van der Waals surface area contributed by atoms with Crippen molar-refractivity contribution in [2.24, 2.45) is 0 Å². The van der Waals surface area contributed by atoms with Crippen LogP contribution in [-0.2, 0) is 18.6 Å². The smallest absolute Gasteiger partial charge is 0.457 e. The zero-order valence-electron chi connectivity index (χ0n) is 42.2. The molecule has 0 bridgehead atoms. The lowest BCUT2D eigenvalue weighted by molar-refractivity contribution is 0.00578. The molecule has 3 aliphatic rings. The lowest BCUT2D eigenvalue weighted by atomic mass is 9.79. The maximum absolute atomic E-state index is 14.7. The van der Waals surface area contributed by atoms with Crippen LogP contribution in [0.3, 0.4) is 0 Å². The van der Waals surface area contributed by atoms with Crippen LogP contribution in [-0.4, -0.2) is 41.2 Å². The number of aromatic nitrogens is 1. The highest BCUT2D eigenvalue weighted by Crippen LogP contribution is 2.50. The fourth-order valence-electron chi connectivity index (χ4n) is 10.3. The number of para-hydroxylation sites is 2. The van der Waals surface area contributed by atoms with Gasteiger partial charge in [0.2, 0.25) is 0 Å². The number of anilines is 6. The van der Waals surface area contributed by atoms with E-state index in [9.17, 15) is 8.78 Å². The molecule has 2 saturated heterocycles. The Morgan fingerprint density at radius 3 is 1.07 bits per heavy atom. The lowest BCUT2D eigenvalue weighted by Gasteiger charge is -2.32. The minimum absolute atomic E-state index is 0.246. The van der Waals surface area contributed by atoms with Gasteiger partial charge in [0.15, 0.2) is 0 Å². The molecule has 4 heterocycles. The van der Waals surface area contributed by atoms with E-state index in [0.717, 1.165) is 89.5 Å². The van der Waals surface area contributed by atoms with E-state index in [2.05, 4.69) is 99.3 Å². The highest BCUT2D eigenvalue weighted by Gasteiger charge is 2.53. The molecule has 0 aliphatic carbocycles. The number of rotatable bonds is 9. The highest BCUT2D eigenvalue weighted by atomic mass is 19.1. The summed E-state index contributed by atoms with van der Waals surface area (Å²) in [4.78, 5) is 4.29. The van der Waals surface area contributed by atoms with Crippen LogP contribution in [0, 0.1) is 11.6 Å². The van der Waals surface area contributed by atoms with Crippen molar-refractivity contribution >= 4 is 81.1 Å². The largest absolute Gasteiger partial charge is 0.494 e. The molecule has 0 radical (unpaired) electrons. The summed E-state index contributed by atoms with van der Waals surface area (Å²) in [5.41, 5.74) is 8.97. The topological polar surface area (TPSA) is 57.6 Å². The minimum atomic E-state index is -0.530. The van der Waals surface area contributed by atoms with Gasteiger partial charge in [0.05, 0.1) is 39.5 Å². The Kier molecular flexibility index (Phi) is 11.0. The van der Waals surface area contributed by atoms with Crippen LogP contribution in [0.25, 0.3) is 21.8 Å². The Balaban J connectivity index is 1.05. The van der Waals surface area contributed by atoms with Gasteiger partial charge in [-0.15, -0.1) is 0 Å². The summed E-state index contributed by atoms with van der Waals surface area (Å²) in [5, 5.41) is 1.99. The molecule has 0 unspecified atom stereocenters. The van der Waals surface area contributed by atoms with E-state index in [1.165, 1.54) is 24.3 Å². The molecule has 1 aromatic heterocycles. The van der Waals surface area contributed by atoms with Crippen LogP contribution in [0.2, 0.25) is 0 Å². The number of benzene rings is 8. The SMILES string of the molecule is CC1(C)OB(c2ccc(N(c3ccc(F)cc3)c3ccc4c(c3)c3cc(N(c5ccc(F)cc5)c5ccc(B6OC(C)(C)C(C)(C)O6)cc5)ccc3n4C3c4ccccc4Oc4ccccc43)cc2)OC1(C)C. The molecule has 0 N–H and O–H groups in total. The third-order valence-electron chi connectivity index (χ3n) is 15.7. The first kappa shape index (κ1) is 46.8. The summed E-state index contributed by atoms with van der Waals surface area (Å²) in [5.74, 6) is 0.951. The van der Waals surface area contributed by atoms with Crippen molar-refractivity contribution in [3.05, 3.63) is 205 Å². The summed E-state index contributed by atoms with van der Waals surface area (Å²) in [6.07, 6.45) is 0. The van der Waals surface area contributed by atoms with Gasteiger partial charge in [0.1, 0.15) is 23.1 Å². The predicted molar refractivity (Wildman–Crippen MR) is 290 cm³/mol. The Morgan fingerprint density at radius 2 is 0.712 bits per heavy atom. The maximum Gasteiger partial charge on any atom is 0.494 e. The van der Waals surface area contributed by atoms with Gasteiger partial charge in [0, 0.05) is 56.0 Å². The van der Waals surface area contributed by atoms with E-state index in [1.54, 1.807) is 24.3 Å². The molecule has 2 fully saturated rings. The van der Waals surface area contributed by atoms with Crippen molar-refractivity contribution in [3.63, 3.8) is 0 Å². The van der Waals surface area contributed by atoms with E-state index in [0.29, 0.717) is 0 Å². The molecule has 12 heteroatoms. The number of halogens is 2. The van der Waals surface area contributed by atoms with Crippen LogP contribution < -0.4 is 25.5 Å².